The number of ether oxygens (including phenoxy) is 3. The topological polar surface area (TPSA) is 292 Å². The van der Waals surface area contributed by atoms with Crippen LogP contribution in [0.4, 0.5) is 0 Å². The summed E-state index contributed by atoms with van der Waals surface area (Å²) in [5, 5.41) is 81.9. The lowest BCUT2D eigenvalue weighted by atomic mass is 9.78. The van der Waals surface area contributed by atoms with E-state index < -0.39 is 77.9 Å². The van der Waals surface area contributed by atoms with Gasteiger partial charge in [0.15, 0.2) is 11.7 Å². The third-order valence-electron chi connectivity index (χ3n) is 9.74. The van der Waals surface area contributed by atoms with E-state index in [4.69, 9.17) is 25.7 Å². The zero-order valence-corrected chi connectivity index (χ0v) is 28.9. The van der Waals surface area contributed by atoms with Crippen LogP contribution in [0.5, 0.6) is 17.2 Å². The van der Waals surface area contributed by atoms with Gasteiger partial charge in [-0.15, -0.1) is 0 Å². The molecule has 0 spiro atoms. The second kappa shape index (κ2) is 15.5. The molecule has 1 saturated heterocycles. The summed E-state index contributed by atoms with van der Waals surface area (Å²) in [5.74, 6) is -2.29. The zero-order chi connectivity index (χ0) is 38.1. The Kier molecular flexibility index (Phi) is 11.4. The maximum Gasteiger partial charge on any atom is 0.229 e. The molecule has 2 aromatic carbocycles. The first-order valence-electron chi connectivity index (χ1n) is 16.6. The van der Waals surface area contributed by atoms with Gasteiger partial charge >= 0.3 is 0 Å². The number of carbonyl (C=O) groups is 2. The average molecular weight is 728 g/mol. The number of methoxy groups -OCH3 is 1. The van der Waals surface area contributed by atoms with E-state index in [0.717, 1.165) is 5.57 Å². The molecule has 0 radical (unpaired) electrons. The minimum absolute atomic E-state index is 0.00990. The molecule has 2 aliphatic heterocycles. The number of nitrogens with zero attached hydrogens (tertiary/aromatic N) is 1. The van der Waals surface area contributed by atoms with Gasteiger partial charge in [0, 0.05) is 48.5 Å². The van der Waals surface area contributed by atoms with Crippen molar-refractivity contribution >= 4 is 17.5 Å². The molecule has 2 aromatic rings. The number of aliphatic imine (C=N–C) groups is 1. The van der Waals surface area contributed by atoms with Crippen LogP contribution in [0.25, 0.3) is 0 Å². The van der Waals surface area contributed by atoms with Crippen molar-refractivity contribution in [3.8, 4) is 17.2 Å². The Hall–Kier alpha value is -4.75. The minimum atomic E-state index is -2.16. The molecule has 1 aliphatic carbocycles. The van der Waals surface area contributed by atoms with E-state index >= 15 is 0 Å². The van der Waals surface area contributed by atoms with Crippen LogP contribution in [0.15, 0.2) is 40.7 Å². The van der Waals surface area contributed by atoms with Crippen LogP contribution < -0.4 is 31.6 Å². The zero-order valence-electron chi connectivity index (χ0n) is 28.9. The van der Waals surface area contributed by atoms with Crippen LogP contribution in [0.2, 0.25) is 0 Å². The van der Waals surface area contributed by atoms with Gasteiger partial charge in [-0.3, -0.25) is 14.6 Å². The van der Waals surface area contributed by atoms with E-state index in [2.05, 4.69) is 15.6 Å². The summed E-state index contributed by atoms with van der Waals surface area (Å²) in [4.78, 5) is 32.5. The van der Waals surface area contributed by atoms with Crippen molar-refractivity contribution in [2.45, 2.75) is 69.0 Å². The number of aromatic hydroxyl groups is 1. The average Bonchev–Trinajstić information content (AvgIpc) is 3.12. The van der Waals surface area contributed by atoms with Gasteiger partial charge in [-0.05, 0) is 49.5 Å². The summed E-state index contributed by atoms with van der Waals surface area (Å²) in [6.07, 6.45) is -3.60. The molecular weight excluding hydrogens is 682 g/mol. The van der Waals surface area contributed by atoms with Crippen LogP contribution in [0.1, 0.15) is 73.8 Å². The quantitative estimate of drug-likeness (QED) is 0.0755. The highest BCUT2D eigenvalue weighted by molar-refractivity contribution is 6.31. The van der Waals surface area contributed by atoms with Gasteiger partial charge in [-0.25, -0.2) is 0 Å². The number of hydrogen-bond donors (Lipinski definition) is 11. The van der Waals surface area contributed by atoms with E-state index in [1.54, 1.807) is 13.0 Å². The van der Waals surface area contributed by atoms with E-state index in [9.17, 15) is 45.3 Å². The summed E-state index contributed by atoms with van der Waals surface area (Å²) < 4.78 is 17.3. The normalized spacial score (nSPS) is 25.0. The molecule has 52 heavy (non-hydrogen) atoms. The van der Waals surface area contributed by atoms with Crippen molar-refractivity contribution in [2.75, 3.05) is 33.9 Å². The smallest absolute Gasteiger partial charge is 0.229 e. The van der Waals surface area contributed by atoms with Crippen LogP contribution in [0.3, 0.4) is 0 Å². The Morgan fingerprint density at radius 1 is 1.15 bits per heavy atom. The van der Waals surface area contributed by atoms with Gasteiger partial charge in [0.2, 0.25) is 12.1 Å². The number of phenolic OH excluding ortho intramolecular Hbond substituents is 1. The number of aryl methyl sites for hydroxylation is 1. The number of guanidine groups is 1. The molecular formula is C35H45N5O12. The van der Waals surface area contributed by atoms with Gasteiger partial charge in [0.1, 0.15) is 41.2 Å². The van der Waals surface area contributed by atoms with Crippen molar-refractivity contribution in [1.82, 2.24) is 10.6 Å². The third kappa shape index (κ3) is 6.79. The molecule has 13 N–H and O–H groups in total. The highest BCUT2D eigenvalue weighted by Gasteiger charge is 2.55. The molecule has 5 rings (SSSR count). The predicted molar refractivity (Wildman–Crippen MR) is 185 cm³/mol. The van der Waals surface area contributed by atoms with Crippen molar-refractivity contribution in [3.05, 3.63) is 74.6 Å². The second-order valence-electron chi connectivity index (χ2n) is 12.8. The minimum Gasteiger partial charge on any atom is -0.507 e. The van der Waals surface area contributed by atoms with Gasteiger partial charge in [0.05, 0.1) is 43.3 Å². The molecule has 3 aliphatic rings. The number of aliphatic hydroxyl groups is 6. The molecule has 6 unspecified atom stereocenters. The summed E-state index contributed by atoms with van der Waals surface area (Å²) >= 11 is 0. The number of rotatable bonds is 12. The Bertz CT molecular complexity index is 1820. The summed E-state index contributed by atoms with van der Waals surface area (Å²) in [5.41, 5.74) is 9.51. The molecule has 0 bridgehead atoms. The number of dihydropyridines is 1. The Morgan fingerprint density at radius 2 is 1.88 bits per heavy atom. The lowest BCUT2D eigenvalue weighted by Crippen LogP contribution is -2.67. The fraction of sp³-hybridized carbons (Fsp3) is 0.457. The largest absolute Gasteiger partial charge is 0.507 e. The Morgan fingerprint density at radius 3 is 2.50 bits per heavy atom. The van der Waals surface area contributed by atoms with Gasteiger partial charge in [0.25, 0.3) is 0 Å². The van der Waals surface area contributed by atoms with E-state index in [1.807, 2.05) is 6.08 Å². The van der Waals surface area contributed by atoms with E-state index in [-0.39, 0.29) is 65.6 Å². The summed E-state index contributed by atoms with van der Waals surface area (Å²) in [7, 11) is 2.69. The summed E-state index contributed by atoms with van der Waals surface area (Å²) in [6.45, 7) is 0.171. The maximum absolute atomic E-state index is 14.5. The van der Waals surface area contributed by atoms with E-state index in [1.165, 1.54) is 26.3 Å². The number of carbonyl (C=O) groups excluding carboxylic acids is 2. The standard InChI is InChI=1S/C35H45N5O12/c1-15-10-17-26(29(45)24(15)19(6-9-41)40-34(37)38-2)30(46)27-21(12-20(50-3)18(13-42)25(27)28(17)44)51-33-31(47)32(48)35(49,22(14-43)52-33)7-4-16-5-8-39-23(36)11-16/h5,10-12,19,22,31-33,39,41-43,45,47-49H,4,6-9,13-14,36H2,1-3H3,(H3,37,38,40). The Labute approximate surface area is 298 Å². The SMILES string of the molecule is CN=C(N)NC(CCO)c1c(C)cc2c(c1O)C(=O)c1c(OC3OC(CO)C(O)(CCC4=CCNC(N)=C4)C(O)C3O)cc(OC)c(CO)c1C2=O. The van der Waals surface area contributed by atoms with Crippen LogP contribution in [0, 0.1) is 6.92 Å². The monoisotopic (exact) mass is 727 g/mol. The molecule has 6 atom stereocenters. The lowest BCUT2D eigenvalue weighted by molar-refractivity contribution is -0.314. The highest BCUT2D eigenvalue weighted by atomic mass is 16.7. The van der Waals surface area contributed by atoms with Gasteiger partial charge in [-0.2, -0.15) is 0 Å². The molecule has 17 heteroatoms. The van der Waals surface area contributed by atoms with Crippen LogP contribution in [-0.4, -0.2) is 117 Å². The molecule has 282 valence electrons. The predicted octanol–water partition coefficient (Wildman–Crippen LogP) is -1.41. The number of allylic oxidation sites excluding steroid dienone is 2. The third-order valence-corrected chi connectivity index (χ3v) is 9.74. The number of nitrogens with one attached hydrogen (secondary N) is 2. The molecule has 0 amide bonds. The molecule has 2 heterocycles. The first-order valence-corrected chi connectivity index (χ1v) is 16.6. The number of nitrogens with two attached hydrogens (primary N) is 2. The molecule has 1 fully saturated rings. The summed E-state index contributed by atoms with van der Waals surface area (Å²) in [6, 6.07) is 1.75. The first-order chi connectivity index (χ1) is 24.8. The number of ketones is 2. The van der Waals surface area contributed by atoms with Crippen molar-refractivity contribution in [1.29, 1.82) is 0 Å². The second-order valence-corrected chi connectivity index (χ2v) is 12.8. The van der Waals surface area contributed by atoms with Crippen LogP contribution >= 0.6 is 0 Å². The number of benzene rings is 2. The van der Waals surface area contributed by atoms with Crippen molar-refractivity contribution in [3.63, 3.8) is 0 Å². The van der Waals surface area contributed by atoms with Gasteiger partial charge < -0.3 is 72.1 Å². The van der Waals surface area contributed by atoms with Crippen LogP contribution in [-0.2, 0) is 11.3 Å². The fourth-order valence-electron chi connectivity index (χ4n) is 7.02. The van der Waals surface area contributed by atoms with Crippen molar-refractivity contribution < 1.29 is 59.5 Å². The lowest BCUT2D eigenvalue weighted by Gasteiger charge is -2.48. The number of aliphatic hydroxyl groups excluding tert-OH is 5. The fourth-order valence-corrected chi connectivity index (χ4v) is 7.02. The number of hydrogen-bond acceptors (Lipinski definition) is 15. The van der Waals surface area contributed by atoms with Gasteiger partial charge in [-0.1, -0.05) is 6.08 Å². The van der Waals surface area contributed by atoms with E-state index in [0.29, 0.717) is 17.9 Å². The Balaban J connectivity index is 1.57. The highest BCUT2D eigenvalue weighted by Crippen LogP contribution is 2.46. The number of fused-ring (bicyclic) bond motifs is 2. The molecule has 0 saturated carbocycles. The maximum atomic E-state index is 14.5. The molecule has 17 nitrogen and oxygen atoms in total. The molecule has 0 aromatic heterocycles. The first kappa shape index (κ1) is 38.5. The number of phenols is 1. The van der Waals surface area contributed by atoms with Crippen molar-refractivity contribution in [2.24, 2.45) is 16.5 Å².